The number of hydrogen-bond donors (Lipinski definition) is 2. The van der Waals surface area contributed by atoms with Gasteiger partial charge in [0, 0.05) is 12.6 Å². The molecular formula is C17H24ClN3O. The molecule has 1 aromatic carbocycles. The normalized spacial score (nSPS) is 16.6. The van der Waals surface area contributed by atoms with Gasteiger partial charge in [-0.05, 0) is 38.8 Å². The van der Waals surface area contributed by atoms with Gasteiger partial charge in [0.25, 0.3) is 0 Å². The molecule has 1 unspecified atom stereocenters. The average Bonchev–Trinajstić information content (AvgIpc) is 3.00. The van der Waals surface area contributed by atoms with Gasteiger partial charge in [0.1, 0.15) is 11.9 Å². The van der Waals surface area contributed by atoms with Crippen LogP contribution in [0.25, 0.3) is 0 Å². The third kappa shape index (κ3) is 5.26. The van der Waals surface area contributed by atoms with Gasteiger partial charge in [-0.15, -0.1) is 0 Å². The van der Waals surface area contributed by atoms with E-state index in [1.807, 2.05) is 31.2 Å². The minimum atomic E-state index is -0.0444. The summed E-state index contributed by atoms with van der Waals surface area (Å²) in [7, 11) is 0. The molecule has 0 amide bonds. The van der Waals surface area contributed by atoms with E-state index in [4.69, 9.17) is 16.3 Å². The molecule has 1 atom stereocenters. The molecule has 0 saturated carbocycles. The number of halogens is 1. The van der Waals surface area contributed by atoms with Crippen LogP contribution in [0.5, 0.6) is 5.75 Å². The van der Waals surface area contributed by atoms with Crippen LogP contribution in [0.4, 0.5) is 0 Å². The fourth-order valence-electron chi connectivity index (χ4n) is 2.26. The summed E-state index contributed by atoms with van der Waals surface area (Å²) in [6.45, 7) is 5.47. The quantitative estimate of drug-likeness (QED) is 0.479. The predicted molar refractivity (Wildman–Crippen MR) is 92.8 cm³/mol. The number of nitrogens with one attached hydrogen (secondary N) is 2. The summed E-state index contributed by atoms with van der Waals surface area (Å²) >= 11 is 6.10. The summed E-state index contributed by atoms with van der Waals surface area (Å²) < 4.78 is 5.84. The van der Waals surface area contributed by atoms with Gasteiger partial charge >= 0.3 is 0 Å². The van der Waals surface area contributed by atoms with Gasteiger partial charge in [-0.1, -0.05) is 35.9 Å². The van der Waals surface area contributed by atoms with E-state index in [9.17, 15) is 0 Å². The number of benzene rings is 1. The number of guanidine groups is 1. The van der Waals surface area contributed by atoms with Crippen LogP contribution in [0, 0.1) is 0 Å². The number of nitrogens with zero attached hydrogens (tertiary/aromatic N) is 1. The van der Waals surface area contributed by atoms with E-state index >= 15 is 0 Å². The smallest absolute Gasteiger partial charge is 0.191 e. The summed E-state index contributed by atoms with van der Waals surface area (Å²) in [5.41, 5.74) is 0. The largest absolute Gasteiger partial charge is 0.487 e. The van der Waals surface area contributed by atoms with E-state index in [1.165, 1.54) is 0 Å². The van der Waals surface area contributed by atoms with Crippen molar-refractivity contribution in [3.63, 3.8) is 0 Å². The van der Waals surface area contributed by atoms with Crippen molar-refractivity contribution in [1.82, 2.24) is 10.6 Å². The Labute approximate surface area is 137 Å². The van der Waals surface area contributed by atoms with Gasteiger partial charge in [-0.25, -0.2) is 4.99 Å². The number of ether oxygens (including phenoxy) is 1. The molecule has 4 nitrogen and oxygen atoms in total. The monoisotopic (exact) mass is 321 g/mol. The van der Waals surface area contributed by atoms with Crippen LogP contribution in [0.1, 0.15) is 26.7 Å². The van der Waals surface area contributed by atoms with E-state index < -0.39 is 0 Å². The van der Waals surface area contributed by atoms with Gasteiger partial charge in [-0.2, -0.15) is 0 Å². The highest BCUT2D eigenvalue weighted by molar-refractivity contribution is 6.32. The van der Waals surface area contributed by atoms with Gasteiger partial charge in [0.2, 0.25) is 0 Å². The SMILES string of the molecule is CCNC(=NCC(C)Oc1ccccc1Cl)NC1CC=CC1. The molecule has 0 aliphatic heterocycles. The lowest BCUT2D eigenvalue weighted by molar-refractivity contribution is 0.230. The topological polar surface area (TPSA) is 45.7 Å². The predicted octanol–water partition coefficient (Wildman–Crippen LogP) is 3.38. The Hall–Kier alpha value is -1.68. The van der Waals surface area contributed by atoms with Crippen molar-refractivity contribution >= 4 is 17.6 Å². The number of aliphatic imine (C=N–C) groups is 1. The second kappa shape index (κ2) is 8.69. The molecule has 1 aliphatic rings. The Bertz CT molecular complexity index is 522. The molecule has 0 bridgehead atoms. The maximum atomic E-state index is 6.10. The van der Waals surface area contributed by atoms with Crippen LogP contribution in [0.3, 0.4) is 0 Å². The third-order valence-electron chi connectivity index (χ3n) is 3.36. The number of hydrogen-bond acceptors (Lipinski definition) is 2. The lowest BCUT2D eigenvalue weighted by Crippen LogP contribution is -2.43. The zero-order chi connectivity index (χ0) is 15.8. The Balaban J connectivity index is 1.87. The van der Waals surface area contributed by atoms with Gasteiger partial charge in [0.15, 0.2) is 5.96 Å². The van der Waals surface area contributed by atoms with Crippen LogP contribution in [0.2, 0.25) is 5.02 Å². The molecule has 22 heavy (non-hydrogen) atoms. The molecule has 1 aliphatic carbocycles. The maximum absolute atomic E-state index is 6.10. The van der Waals surface area contributed by atoms with Crippen molar-refractivity contribution in [2.45, 2.75) is 38.8 Å². The third-order valence-corrected chi connectivity index (χ3v) is 3.68. The number of rotatable bonds is 6. The molecule has 0 radical (unpaired) electrons. The summed E-state index contributed by atoms with van der Waals surface area (Å²) in [5, 5.41) is 7.34. The summed E-state index contributed by atoms with van der Waals surface area (Å²) in [6, 6.07) is 7.94. The molecule has 2 rings (SSSR count). The molecule has 2 N–H and O–H groups in total. The zero-order valence-electron chi connectivity index (χ0n) is 13.2. The Morgan fingerprint density at radius 1 is 1.36 bits per heavy atom. The Morgan fingerprint density at radius 3 is 2.77 bits per heavy atom. The van der Waals surface area contributed by atoms with Gasteiger partial charge in [0.05, 0.1) is 11.6 Å². The summed E-state index contributed by atoms with van der Waals surface area (Å²) in [4.78, 5) is 4.60. The Morgan fingerprint density at radius 2 is 2.09 bits per heavy atom. The first kappa shape index (κ1) is 16.7. The zero-order valence-corrected chi connectivity index (χ0v) is 13.9. The van der Waals surface area contributed by atoms with Gasteiger partial charge in [-0.3, -0.25) is 0 Å². The molecular weight excluding hydrogens is 298 g/mol. The Kier molecular flexibility index (Phi) is 6.59. The van der Waals surface area contributed by atoms with Crippen LogP contribution in [-0.2, 0) is 0 Å². The average molecular weight is 322 g/mol. The summed E-state index contributed by atoms with van der Waals surface area (Å²) in [6.07, 6.45) is 6.46. The van der Waals surface area contributed by atoms with Crippen LogP contribution >= 0.6 is 11.6 Å². The second-order valence-corrected chi connectivity index (χ2v) is 5.77. The van der Waals surface area contributed by atoms with Crippen molar-refractivity contribution in [3.05, 3.63) is 41.4 Å². The molecule has 120 valence electrons. The highest BCUT2D eigenvalue weighted by Gasteiger charge is 2.12. The van der Waals surface area contributed by atoms with Gasteiger partial charge < -0.3 is 15.4 Å². The first-order valence-corrected chi connectivity index (χ1v) is 8.18. The van der Waals surface area contributed by atoms with Crippen molar-refractivity contribution < 1.29 is 4.74 Å². The van der Waals surface area contributed by atoms with E-state index in [0.29, 0.717) is 23.4 Å². The lowest BCUT2D eigenvalue weighted by atomic mass is 10.2. The standard InChI is InChI=1S/C17H24ClN3O/c1-3-19-17(21-14-8-4-5-9-14)20-12-13(2)22-16-11-7-6-10-15(16)18/h4-7,10-11,13-14H,3,8-9,12H2,1-2H3,(H2,19,20,21). The van der Waals surface area contributed by atoms with Crippen molar-refractivity contribution in [2.75, 3.05) is 13.1 Å². The van der Waals surface area contributed by atoms with E-state index in [0.717, 1.165) is 25.3 Å². The molecule has 0 aromatic heterocycles. The molecule has 0 heterocycles. The van der Waals surface area contributed by atoms with E-state index in [2.05, 4.69) is 34.7 Å². The van der Waals surface area contributed by atoms with Crippen molar-refractivity contribution in [2.24, 2.45) is 4.99 Å². The first-order chi connectivity index (χ1) is 10.7. The van der Waals surface area contributed by atoms with E-state index in [-0.39, 0.29) is 6.10 Å². The highest BCUT2D eigenvalue weighted by Crippen LogP contribution is 2.24. The van der Waals surface area contributed by atoms with Crippen molar-refractivity contribution in [3.8, 4) is 5.75 Å². The number of para-hydroxylation sites is 1. The summed E-state index contributed by atoms with van der Waals surface area (Å²) in [5.74, 6) is 1.54. The van der Waals surface area contributed by atoms with Crippen LogP contribution < -0.4 is 15.4 Å². The highest BCUT2D eigenvalue weighted by atomic mass is 35.5. The minimum absolute atomic E-state index is 0.0444. The first-order valence-electron chi connectivity index (χ1n) is 7.80. The minimum Gasteiger partial charge on any atom is -0.487 e. The lowest BCUT2D eigenvalue weighted by Gasteiger charge is -2.18. The van der Waals surface area contributed by atoms with Crippen LogP contribution in [-0.4, -0.2) is 31.2 Å². The maximum Gasteiger partial charge on any atom is 0.191 e. The van der Waals surface area contributed by atoms with Crippen LogP contribution in [0.15, 0.2) is 41.4 Å². The molecule has 5 heteroatoms. The van der Waals surface area contributed by atoms with Crippen molar-refractivity contribution in [1.29, 1.82) is 0 Å². The van der Waals surface area contributed by atoms with E-state index in [1.54, 1.807) is 0 Å². The fraction of sp³-hybridized carbons (Fsp3) is 0.471. The molecule has 0 spiro atoms. The molecule has 0 fully saturated rings. The molecule has 0 saturated heterocycles. The fourth-order valence-corrected chi connectivity index (χ4v) is 2.44. The molecule has 1 aromatic rings. The second-order valence-electron chi connectivity index (χ2n) is 5.36.